The number of halogens is 2. The van der Waals surface area contributed by atoms with Gasteiger partial charge in [-0.2, -0.15) is 0 Å². The van der Waals surface area contributed by atoms with Gasteiger partial charge in [0.15, 0.2) is 0 Å². The van der Waals surface area contributed by atoms with E-state index in [0.29, 0.717) is 25.9 Å². The van der Waals surface area contributed by atoms with Crippen molar-refractivity contribution in [2.24, 2.45) is 11.3 Å². The molecule has 4 nitrogen and oxygen atoms in total. The van der Waals surface area contributed by atoms with E-state index >= 15 is 0 Å². The van der Waals surface area contributed by atoms with Crippen molar-refractivity contribution in [2.45, 2.75) is 69.9 Å². The van der Waals surface area contributed by atoms with Crippen molar-refractivity contribution < 1.29 is 21.9 Å². The number of alkyl halides is 2. The van der Waals surface area contributed by atoms with E-state index in [2.05, 4.69) is 4.72 Å². The minimum atomic E-state index is -3.67. The van der Waals surface area contributed by atoms with E-state index < -0.39 is 27.6 Å². The molecule has 0 amide bonds. The normalized spacial score (nSPS) is 36.0. The highest BCUT2D eigenvalue weighted by Crippen LogP contribution is 2.57. The number of nitrogens with one attached hydrogen (secondary N) is 1. The Morgan fingerprint density at radius 1 is 1.23 bits per heavy atom. The summed E-state index contributed by atoms with van der Waals surface area (Å²) in [5.41, 5.74) is -0.0821. The Kier molecular flexibility index (Phi) is 4.27. The van der Waals surface area contributed by atoms with Gasteiger partial charge in [0.25, 0.3) is 5.92 Å². The standard InChI is InChI=1S/C15H25F2NO3S/c1-2-21-13-9-12(14(13)6-4-7-14)18-22(19,20)10-11-5-3-8-15(11,16)17/h11-13,18H,2-10H2,1H3. The first-order valence-corrected chi connectivity index (χ1v) is 9.94. The molecule has 7 heteroatoms. The third kappa shape index (κ3) is 2.80. The smallest absolute Gasteiger partial charge is 0.251 e. The first kappa shape index (κ1) is 16.6. The highest BCUT2D eigenvalue weighted by atomic mass is 32.2. The van der Waals surface area contributed by atoms with Gasteiger partial charge in [-0.25, -0.2) is 21.9 Å². The van der Waals surface area contributed by atoms with Crippen LogP contribution in [0.15, 0.2) is 0 Å². The van der Waals surface area contributed by atoms with Crippen molar-refractivity contribution >= 4 is 10.0 Å². The summed E-state index contributed by atoms with van der Waals surface area (Å²) in [4.78, 5) is 0. The molecule has 22 heavy (non-hydrogen) atoms. The lowest BCUT2D eigenvalue weighted by molar-refractivity contribution is -0.167. The van der Waals surface area contributed by atoms with Crippen molar-refractivity contribution in [3.63, 3.8) is 0 Å². The molecular weight excluding hydrogens is 312 g/mol. The fourth-order valence-corrected chi connectivity index (χ4v) is 6.14. The van der Waals surface area contributed by atoms with Crippen molar-refractivity contribution in [3.05, 3.63) is 0 Å². The van der Waals surface area contributed by atoms with Crippen molar-refractivity contribution in [1.82, 2.24) is 4.72 Å². The molecular formula is C15H25F2NO3S. The Hall–Kier alpha value is -0.270. The summed E-state index contributed by atoms with van der Waals surface area (Å²) in [6.45, 7) is 2.56. The summed E-state index contributed by atoms with van der Waals surface area (Å²) >= 11 is 0. The van der Waals surface area contributed by atoms with Crippen LogP contribution in [0.5, 0.6) is 0 Å². The molecule has 3 aliphatic rings. The van der Waals surface area contributed by atoms with E-state index in [1.807, 2.05) is 6.92 Å². The maximum Gasteiger partial charge on any atom is 0.251 e. The minimum Gasteiger partial charge on any atom is -0.378 e. The van der Waals surface area contributed by atoms with Gasteiger partial charge in [0.1, 0.15) is 0 Å². The van der Waals surface area contributed by atoms with Gasteiger partial charge in [-0.3, -0.25) is 0 Å². The molecule has 1 spiro atoms. The predicted molar refractivity (Wildman–Crippen MR) is 79.3 cm³/mol. The molecule has 0 bridgehead atoms. The van der Waals surface area contributed by atoms with Crippen molar-refractivity contribution in [1.29, 1.82) is 0 Å². The molecule has 3 atom stereocenters. The first-order valence-electron chi connectivity index (χ1n) is 8.28. The van der Waals surface area contributed by atoms with Crippen LogP contribution in [0.3, 0.4) is 0 Å². The molecule has 0 aromatic rings. The van der Waals surface area contributed by atoms with E-state index in [1.54, 1.807) is 0 Å². The highest BCUT2D eigenvalue weighted by molar-refractivity contribution is 7.89. The Labute approximate surface area is 131 Å². The summed E-state index contributed by atoms with van der Waals surface area (Å²) in [7, 11) is -3.67. The molecule has 0 aromatic carbocycles. The van der Waals surface area contributed by atoms with Gasteiger partial charge in [-0.05, 0) is 39.0 Å². The Bertz CT molecular complexity index is 519. The van der Waals surface area contributed by atoms with Crippen LogP contribution < -0.4 is 4.72 Å². The third-order valence-electron chi connectivity index (χ3n) is 5.84. The van der Waals surface area contributed by atoms with Crippen LogP contribution in [-0.4, -0.2) is 38.8 Å². The van der Waals surface area contributed by atoms with Gasteiger partial charge in [0.2, 0.25) is 10.0 Å². The second-order valence-electron chi connectivity index (χ2n) is 7.07. The fraction of sp³-hybridized carbons (Fsp3) is 1.00. The summed E-state index contributed by atoms with van der Waals surface area (Å²) in [5, 5.41) is 0. The predicted octanol–water partition coefficient (Wildman–Crippen LogP) is 2.69. The number of hydrogen-bond donors (Lipinski definition) is 1. The number of ether oxygens (including phenoxy) is 1. The zero-order chi connectivity index (χ0) is 16.0. The van der Waals surface area contributed by atoms with Crippen LogP contribution in [0, 0.1) is 11.3 Å². The zero-order valence-electron chi connectivity index (χ0n) is 13.0. The topological polar surface area (TPSA) is 55.4 Å². The molecule has 0 heterocycles. The molecule has 0 aliphatic heterocycles. The SMILES string of the molecule is CCOC1CC(NS(=O)(=O)CC2CCCC2(F)F)C12CCC2. The van der Waals surface area contributed by atoms with E-state index in [-0.39, 0.29) is 24.0 Å². The number of hydrogen-bond acceptors (Lipinski definition) is 3. The fourth-order valence-electron chi connectivity index (χ4n) is 4.34. The molecule has 1 N–H and O–H groups in total. The maximum atomic E-state index is 13.7. The quantitative estimate of drug-likeness (QED) is 0.811. The lowest BCUT2D eigenvalue weighted by atomic mass is 9.51. The van der Waals surface area contributed by atoms with Gasteiger partial charge in [-0.1, -0.05) is 6.42 Å². The van der Waals surface area contributed by atoms with Crippen LogP contribution in [0.1, 0.15) is 51.9 Å². The minimum absolute atomic E-state index is 0.0821. The third-order valence-corrected chi connectivity index (χ3v) is 7.32. The summed E-state index contributed by atoms with van der Waals surface area (Å²) < 4.78 is 60.3. The van der Waals surface area contributed by atoms with Crippen LogP contribution in [0.2, 0.25) is 0 Å². The van der Waals surface area contributed by atoms with E-state index in [4.69, 9.17) is 4.74 Å². The molecule has 0 aromatic heterocycles. The molecule has 3 fully saturated rings. The van der Waals surface area contributed by atoms with Crippen LogP contribution in [0.25, 0.3) is 0 Å². The lowest BCUT2D eigenvalue weighted by Gasteiger charge is -2.60. The molecule has 3 unspecified atom stereocenters. The summed E-state index contributed by atoms with van der Waals surface area (Å²) in [6.07, 6.45) is 4.31. The molecule has 128 valence electrons. The highest BCUT2D eigenvalue weighted by Gasteiger charge is 2.60. The van der Waals surface area contributed by atoms with Gasteiger partial charge in [0.05, 0.1) is 11.9 Å². The average molecular weight is 337 g/mol. The molecule has 3 saturated carbocycles. The lowest BCUT2D eigenvalue weighted by Crippen LogP contribution is -2.67. The number of rotatable bonds is 6. The maximum absolute atomic E-state index is 13.7. The molecule has 3 aliphatic carbocycles. The van der Waals surface area contributed by atoms with E-state index in [9.17, 15) is 17.2 Å². The van der Waals surface area contributed by atoms with Crippen molar-refractivity contribution in [2.75, 3.05) is 12.4 Å². The average Bonchev–Trinajstić information content (AvgIpc) is 2.64. The Balaban J connectivity index is 1.61. The molecule has 3 rings (SSSR count). The van der Waals surface area contributed by atoms with Gasteiger partial charge >= 0.3 is 0 Å². The Morgan fingerprint density at radius 2 is 1.95 bits per heavy atom. The largest absolute Gasteiger partial charge is 0.378 e. The monoisotopic (exact) mass is 337 g/mol. The molecule has 0 saturated heterocycles. The van der Waals surface area contributed by atoms with Gasteiger partial charge in [0, 0.05) is 30.4 Å². The van der Waals surface area contributed by atoms with E-state index in [1.165, 1.54) is 0 Å². The van der Waals surface area contributed by atoms with Crippen molar-refractivity contribution in [3.8, 4) is 0 Å². The summed E-state index contributed by atoms with van der Waals surface area (Å²) in [6, 6.07) is -0.141. The summed E-state index contributed by atoms with van der Waals surface area (Å²) in [5.74, 6) is -4.33. The first-order chi connectivity index (χ1) is 10.3. The van der Waals surface area contributed by atoms with Crippen LogP contribution >= 0.6 is 0 Å². The van der Waals surface area contributed by atoms with Crippen LogP contribution in [-0.2, 0) is 14.8 Å². The van der Waals surface area contributed by atoms with E-state index in [0.717, 1.165) is 19.3 Å². The van der Waals surface area contributed by atoms with Crippen LogP contribution in [0.4, 0.5) is 8.78 Å². The Morgan fingerprint density at radius 3 is 2.45 bits per heavy atom. The second-order valence-corrected chi connectivity index (χ2v) is 8.87. The number of sulfonamides is 1. The second kappa shape index (κ2) is 5.67. The molecule has 0 radical (unpaired) electrons. The zero-order valence-corrected chi connectivity index (χ0v) is 13.8. The van der Waals surface area contributed by atoms with Gasteiger partial charge < -0.3 is 4.74 Å². The van der Waals surface area contributed by atoms with Gasteiger partial charge in [-0.15, -0.1) is 0 Å².